The lowest BCUT2D eigenvalue weighted by molar-refractivity contribution is 0.157. The van der Waals surface area contributed by atoms with Crippen LogP contribution >= 0.6 is 0 Å². The Labute approximate surface area is 221 Å². The maximum atomic E-state index is 14.4. The molecule has 5 rings (SSSR count). The molecule has 2 aliphatic rings. The zero-order valence-electron chi connectivity index (χ0n) is 22.9. The average Bonchev–Trinajstić information content (AvgIpc) is 3.32. The molecule has 1 saturated heterocycles. The van der Waals surface area contributed by atoms with Gasteiger partial charge < -0.3 is 10.2 Å². The van der Waals surface area contributed by atoms with Crippen LogP contribution in [0.25, 0.3) is 0 Å². The summed E-state index contributed by atoms with van der Waals surface area (Å²) >= 11 is 0. The number of nitrogens with zero attached hydrogens (tertiary/aromatic N) is 3. The second-order valence-electron chi connectivity index (χ2n) is 10.6. The number of carbonyl (C=O) groups excluding carboxylic acids is 1. The summed E-state index contributed by atoms with van der Waals surface area (Å²) in [6, 6.07) is 18.7. The number of amides is 2. The molecule has 3 aromatic rings. The Morgan fingerprint density at radius 2 is 1.32 bits per heavy atom. The van der Waals surface area contributed by atoms with Crippen molar-refractivity contribution >= 4 is 11.9 Å². The summed E-state index contributed by atoms with van der Waals surface area (Å²) in [5.41, 5.74) is 10.8. The summed E-state index contributed by atoms with van der Waals surface area (Å²) in [7, 11) is 0. The van der Waals surface area contributed by atoms with E-state index in [1.165, 1.54) is 33.4 Å². The number of carbonyl (C=O) groups is 1. The molecule has 0 spiro atoms. The van der Waals surface area contributed by atoms with E-state index in [0.717, 1.165) is 35.6 Å². The molecule has 37 heavy (non-hydrogen) atoms. The smallest absolute Gasteiger partial charge is 0.322 e. The van der Waals surface area contributed by atoms with Gasteiger partial charge in [-0.2, -0.15) is 0 Å². The fourth-order valence-electron chi connectivity index (χ4n) is 5.78. The molecule has 0 unspecified atom stereocenters. The van der Waals surface area contributed by atoms with Crippen LogP contribution in [0.1, 0.15) is 62.2 Å². The topological polar surface area (TPSA) is 47.9 Å². The van der Waals surface area contributed by atoms with Gasteiger partial charge in [0.25, 0.3) is 0 Å². The van der Waals surface area contributed by atoms with Gasteiger partial charge in [-0.15, -0.1) is 0 Å². The summed E-state index contributed by atoms with van der Waals surface area (Å²) in [6.07, 6.45) is 0. The van der Waals surface area contributed by atoms with Crippen LogP contribution < -0.4 is 5.32 Å². The summed E-state index contributed by atoms with van der Waals surface area (Å²) in [6.45, 7) is 16.0. The van der Waals surface area contributed by atoms with Crippen molar-refractivity contribution in [3.8, 4) is 0 Å². The van der Waals surface area contributed by atoms with Crippen LogP contribution in [0.5, 0.6) is 0 Å². The summed E-state index contributed by atoms with van der Waals surface area (Å²) in [5.74, 6) is 0.796. The molecule has 0 saturated carbocycles. The second-order valence-corrected chi connectivity index (χ2v) is 10.6. The highest BCUT2D eigenvalue weighted by Gasteiger charge is 2.44. The average molecular weight is 495 g/mol. The monoisotopic (exact) mass is 494 g/mol. The van der Waals surface area contributed by atoms with Crippen LogP contribution in [0.15, 0.2) is 59.6 Å². The fourth-order valence-corrected chi connectivity index (χ4v) is 5.78. The Hall–Kier alpha value is -3.44. The lowest BCUT2D eigenvalue weighted by Gasteiger charge is -2.36. The molecule has 1 N–H and O–H groups in total. The first-order chi connectivity index (χ1) is 17.8. The van der Waals surface area contributed by atoms with Gasteiger partial charge in [0.1, 0.15) is 11.9 Å². The minimum Gasteiger partial charge on any atom is -0.322 e. The molecule has 0 aliphatic carbocycles. The van der Waals surface area contributed by atoms with Gasteiger partial charge in [-0.25, -0.2) is 4.79 Å². The van der Waals surface area contributed by atoms with Crippen LogP contribution in [0.4, 0.5) is 4.79 Å². The predicted molar refractivity (Wildman–Crippen MR) is 151 cm³/mol. The van der Waals surface area contributed by atoms with E-state index in [0.29, 0.717) is 13.1 Å². The molecule has 0 aromatic heterocycles. The van der Waals surface area contributed by atoms with E-state index in [1.54, 1.807) is 0 Å². The standard InChI is InChI=1S/C32H38N4O/c1-20-12-14-26(15-13-20)29-30(27-10-8-7-9-11-27)36(32(37)35-18-16-33-17-19-35)31(34-29)28-24(5)22(3)21(2)23(4)25(28)6/h7-15,29-30,33H,16-19H2,1-6H3/t29-,30+/m1/s1. The molecule has 0 bridgehead atoms. The van der Waals surface area contributed by atoms with Crippen molar-refractivity contribution in [2.45, 2.75) is 53.6 Å². The molecule has 2 amide bonds. The van der Waals surface area contributed by atoms with Gasteiger partial charge in [0.2, 0.25) is 0 Å². The zero-order valence-corrected chi connectivity index (χ0v) is 22.9. The predicted octanol–water partition coefficient (Wildman–Crippen LogP) is 6.11. The Morgan fingerprint density at radius 3 is 1.92 bits per heavy atom. The van der Waals surface area contributed by atoms with Crippen molar-refractivity contribution in [1.29, 1.82) is 0 Å². The third kappa shape index (κ3) is 4.46. The van der Waals surface area contributed by atoms with Crippen molar-refractivity contribution in [3.05, 3.63) is 105 Å². The molecule has 2 atom stereocenters. The van der Waals surface area contributed by atoms with Crippen molar-refractivity contribution in [2.24, 2.45) is 4.99 Å². The van der Waals surface area contributed by atoms with Crippen molar-refractivity contribution in [2.75, 3.05) is 26.2 Å². The Balaban J connectivity index is 1.75. The summed E-state index contributed by atoms with van der Waals surface area (Å²) < 4.78 is 0. The van der Waals surface area contributed by atoms with Crippen LogP contribution in [0, 0.1) is 41.5 Å². The highest BCUT2D eigenvalue weighted by molar-refractivity contribution is 6.11. The zero-order chi connectivity index (χ0) is 26.3. The van der Waals surface area contributed by atoms with Crippen LogP contribution in [-0.2, 0) is 0 Å². The largest absolute Gasteiger partial charge is 0.326 e. The van der Waals surface area contributed by atoms with E-state index < -0.39 is 0 Å². The van der Waals surface area contributed by atoms with Crippen molar-refractivity contribution < 1.29 is 4.79 Å². The van der Waals surface area contributed by atoms with E-state index in [-0.39, 0.29) is 18.1 Å². The SMILES string of the molecule is Cc1ccc([C@H]2N=C(c3c(C)c(C)c(C)c(C)c3C)N(C(=O)N3CCNCC3)[C@H]2c2ccccc2)cc1. The van der Waals surface area contributed by atoms with E-state index >= 15 is 0 Å². The highest BCUT2D eigenvalue weighted by Crippen LogP contribution is 2.45. The van der Waals surface area contributed by atoms with E-state index in [9.17, 15) is 4.79 Å². The van der Waals surface area contributed by atoms with Gasteiger partial charge in [0.05, 0.1) is 6.04 Å². The van der Waals surface area contributed by atoms with E-state index in [2.05, 4.69) is 95.4 Å². The Bertz CT molecular complexity index is 1310. The quantitative estimate of drug-likeness (QED) is 0.478. The van der Waals surface area contributed by atoms with Gasteiger partial charge >= 0.3 is 6.03 Å². The molecule has 0 radical (unpaired) electrons. The van der Waals surface area contributed by atoms with E-state index in [1.807, 2.05) is 15.9 Å². The van der Waals surface area contributed by atoms with Crippen LogP contribution in [0.3, 0.4) is 0 Å². The van der Waals surface area contributed by atoms with Gasteiger partial charge in [0, 0.05) is 31.7 Å². The third-order valence-electron chi connectivity index (χ3n) is 8.44. The van der Waals surface area contributed by atoms with Gasteiger partial charge in [-0.05, 0) is 80.5 Å². The number of aliphatic imine (C=N–C) groups is 1. The minimum atomic E-state index is -0.220. The number of amidine groups is 1. The van der Waals surface area contributed by atoms with Gasteiger partial charge in [-0.1, -0.05) is 60.2 Å². The molecule has 1 fully saturated rings. The Morgan fingerprint density at radius 1 is 0.757 bits per heavy atom. The molecule has 5 heteroatoms. The minimum absolute atomic E-state index is 0.0402. The van der Waals surface area contributed by atoms with Crippen LogP contribution in [-0.4, -0.2) is 47.8 Å². The number of benzene rings is 3. The number of rotatable bonds is 3. The first-order valence-electron chi connectivity index (χ1n) is 13.3. The van der Waals surface area contributed by atoms with Gasteiger partial charge in [-0.3, -0.25) is 9.89 Å². The Kier molecular flexibility index (Phi) is 6.91. The molecule has 192 valence electrons. The number of urea groups is 1. The third-order valence-corrected chi connectivity index (χ3v) is 8.44. The second kappa shape index (κ2) is 10.1. The first kappa shape index (κ1) is 25.2. The summed E-state index contributed by atoms with van der Waals surface area (Å²) in [5, 5.41) is 3.38. The molecule has 5 nitrogen and oxygen atoms in total. The highest BCUT2D eigenvalue weighted by atomic mass is 16.2. The number of piperazine rings is 1. The number of nitrogens with one attached hydrogen (secondary N) is 1. The maximum absolute atomic E-state index is 14.4. The lowest BCUT2D eigenvalue weighted by atomic mass is 9.88. The van der Waals surface area contributed by atoms with Crippen LogP contribution in [0.2, 0.25) is 0 Å². The lowest BCUT2D eigenvalue weighted by Crippen LogP contribution is -2.53. The fraction of sp³-hybridized carbons (Fsp3) is 0.375. The molecule has 2 aliphatic heterocycles. The molecule has 3 aromatic carbocycles. The number of hydrogen-bond donors (Lipinski definition) is 1. The van der Waals surface area contributed by atoms with Gasteiger partial charge in [0.15, 0.2) is 0 Å². The summed E-state index contributed by atoms with van der Waals surface area (Å²) in [4.78, 5) is 23.8. The maximum Gasteiger partial charge on any atom is 0.326 e. The molecular weight excluding hydrogens is 456 g/mol. The number of hydrogen-bond acceptors (Lipinski definition) is 3. The van der Waals surface area contributed by atoms with E-state index in [4.69, 9.17) is 4.99 Å². The molecule has 2 heterocycles. The van der Waals surface area contributed by atoms with Crippen molar-refractivity contribution in [1.82, 2.24) is 15.1 Å². The normalized spacial score (nSPS) is 19.8. The first-order valence-corrected chi connectivity index (χ1v) is 13.3. The van der Waals surface area contributed by atoms with Crippen molar-refractivity contribution in [3.63, 3.8) is 0 Å². The number of aryl methyl sites for hydroxylation is 1. The molecular formula is C32H38N4O.